The molecule has 0 unspecified atom stereocenters. The van der Waals surface area contributed by atoms with E-state index in [1.165, 1.54) is 30.3 Å². The number of nitrogens with one attached hydrogen (secondary N) is 2. The molecule has 31 heavy (non-hydrogen) atoms. The van der Waals surface area contributed by atoms with Gasteiger partial charge in [-0.05, 0) is 42.8 Å². The fourth-order valence-electron chi connectivity index (χ4n) is 2.58. The SMILES string of the molecule is O=C(CCc1nc(-c2ccc(F)cc2)no1)NCCCNc1ccc(C(F)(F)F)cn1. The Labute approximate surface area is 174 Å². The van der Waals surface area contributed by atoms with Crippen LogP contribution in [0.2, 0.25) is 0 Å². The molecule has 3 rings (SSSR count). The van der Waals surface area contributed by atoms with Crippen molar-refractivity contribution >= 4 is 11.7 Å². The standard InChI is InChI=1S/C20H19F4N5O2/c21-15-5-2-13(3-6-15)19-28-18(31-29-19)9-8-17(30)26-11-1-10-25-16-7-4-14(12-27-16)20(22,23)24/h2-7,12H,1,8-11H2,(H,25,27)(H,26,30). The number of rotatable bonds is 9. The van der Waals surface area contributed by atoms with Crippen LogP contribution in [0.15, 0.2) is 47.1 Å². The smallest absolute Gasteiger partial charge is 0.370 e. The number of hydrogen-bond donors (Lipinski definition) is 2. The van der Waals surface area contributed by atoms with Crippen LogP contribution in [0, 0.1) is 5.82 Å². The van der Waals surface area contributed by atoms with E-state index in [9.17, 15) is 22.4 Å². The molecule has 164 valence electrons. The third-order valence-electron chi connectivity index (χ3n) is 4.21. The largest absolute Gasteiger partial charge is 0.417 e. The minimum atomic E-state index is -4.42. The molecular weight excluding hydrogens is 418 g/mol. The van der Waals surface area contributed by atoms with Gasteiger partial charge >= 0.3 is 6.18 Å². The van der Waals surface area contributed by atoms with Crippen molar-refractivity contribution in [3.8, 4) is 11.4 Å². The number of aromatic nitrogens is 3. The highest BCUT2D eigenvalue weighted by Crippen LogP contribution is 2.28. The Balaban J connectivity index is 1.32. The lowest BCUT2D eigenvalue weighted by Gasteiger charge is -2.09. The summed E-state index contributed by atoms with van der Waals surface area (Å²) in [5.74, 6) is 0.375. The van der Waals surface area contributed by atoms with Gasteiger partial charge in [-0.3, -0.25) is 4.79 Å². The summed E-state index contributed by atoms with van der Waals surface area (Å²) in [4.78, 5) is 19.8. The van der Waals surface area contributed by atoms with Gasteiger partial charge in [0.2, 0.25) is 17.6 Å². The molecule has 0 spiro atoms. The van der Waals surface area contributed by atoms with Gasteiger partial charge < -0.3 is 15.2 Å². The molecule has 2 aromatic heterocycles. The summed E-state index contributed by atoms with van der Waals surface area (Å²) in [6, 6.07) is 7.86. The van der Waals surface area contributed by atoms with E-state index in [0.29, 0.717) is 42.6 Å². The predicted molar refractivity (Wildman–Crippen MR) is 103 cm³/mol. The molecule has 0 saturated heterocycles. The Morgan fingerprint density at radius 3 is 2.52 bits per heavy atom. The van der Waals surface area contributed by atoms with Crippen LogP contribution in [-0.2, 0) is 17.4 Å². The summed E-state index contributed by atoms with van der Waals surface area (Å²) in [7, 11) is 0. The van der Waals surface area contributed by atoms with E-state index in [0.717, 1.165) is 12.3 Å². The van der Waals surface area contributed by atoms with Crippen molar-refractivity contribution in [3.05, 3.63) is 59.9 Å². The fourth-order valence-corrected chi connectivity index (χ4v) is 2.58. The molecule has 0 bridgehead atoms. The van der Waals surface area contributed by atoms with Crippen LogP contribution in [0.1, 0.15) is 24.3 Å². The Morgan fingerprint density at radius 1 is 1.06 bits per heavy atom. The van der Waals surface area contributed by atoms with E-state index in [1.807, 2.05) is 0 Å². The summed E-state index contributed by atoms with van der Waals surface area (Å²) in [5.41, 5.74) is -0.202. The van der Waals surface area contributed by atoms with Crippen LogP contribution in [0.25, 0.3) is 11.4 Å². The molecule has 0 fully saturated rings. The first-order chi connectivity index (χ1) is 14.8. The molecule has 0 aliphatic heterocycles. The zero-order valence-corrected chi connectivity index (χ0v) is 16.2. The highest BCUT2D eigenvalue weighted by molar-refractivity contribution is 5.76. The Bertz CT molecular complexity index is 988. The third kappa shape index (κ3) is 6.76. The molecule has 2 heterocycles. The molecule has 2 N–H and O–H groups in total. The summed E-state index contributed by atoms with van der Waals surface area (Å²) < 4.78 is 55.5. The van der Waals surface area contributed by atoms with Crippen molar-refractivity contribution in [1.82, 2.24) is 20.4 Å². The number of halogens is 4. The first-order valence-corrected chi connectivity index (χ1v) is 9.43. The van der Waals surface area contributed by atoms with E-state index in [2.05, 4.69) is 25.8 Å². The maximum atomic E-state index is 13.0. The van der Waals surface area contributed by atoms with E-state index in [-0.39, 0.29) is 24.6 Å². The molecule has 1 aromatic carbocycles. The molecule has 1 amide bonds. The maximum absolute atomic E-state index is 13.0. The van der Waals surface area contributed by atoms with Crippen molar-refractivity contribution in [1.29, 1.82) is 0 Å². The van der Waals surface area contributed by atoms with Crippen LogP contribution in [-0.4, -0.2) is 34.1 Å². The number of carbonyl (C=O) groups is 1. The number of carbonyl (C=O) groups excluding carboxylic acids is 1. The lowest BCUT2D eigenvalue weighted by atomic mass is 10.2. The Hall–Kier alpha value is -3.50. The molecule has 0 atom stereocenters. The van der Waals surface area contributed by atoms with Gasteiger partial charge in [0, 0.05) is 37.7 Å². The molecule has 0 aliphatic rings. The highest BCUT2D eigenvalue weighted by atomic mass is 19.4. The van der Waals surface area contributed by atoms with E-state index >= 15 is 0 Å². The van der Waals surface area contributed by atoms with Crippen LogP contribution < -0.4 is 10.6 Å². The molecule has 3 aromatic rings. The number of aryl methyl sites for hydroxylation is 1. The van der Waals surface area contributed by atoms with Crippen LogP contribution >= 0.6 is 0 Å². The van der Waals surface area contributed by atoms with Gasteiger partial charge in [-0.25, -0.2) is 9.37 Å². The summed E-state index contributed by atoms with van der Waals surface area (Å²) in [5, 5.41) is 9.43. The maximum Gasteiger partial charge on any atom is 0.417 e. The zero-order valence-electron chi connectivity index (χ0n) is 16.2. The zero-order chi connectivity index (χ0) is 22.3. The summed E-state index contributed by atoms with van der Waals surface area (Å²) >= 11 is 0. The molecule has 11 heteroatoms. The lowest BCUT2D eigenvalue weighted by molar-refractivity contribution is -0.137. The average Bonchev–Trinajstić information content (AvgIpc) is 3.21. The van der Waals surface area contributed by atoms with Crippen molar-refractivity contribution in [3.63, 3.8) is 0 Å². The number of benzene rings is 1. The second-order valence-electron chi connectivity index (χ2n) is 6.58. The molecule has 0 aliphatic carbocycles. The molecule has 0 radical (unpaired) electrons. The van der Waals surface area contributed by atoms with Gasteiger partial charge in [0.15, 0.2) is 0 Å². The quantitative estimate of drug-likeness (QED) is 0.390. The number of hydrogen-bond acceptors (Lipinski definition) is 6. The number of amides is 1. The van der Waals surface area contributed by atoms with Gasteiger partial charge in [0.05, 0.1) is 5.56 Å². The first-order valence-electron chi connectivity index (χ1n) is 9.43. The minimum absolute atomic E-state index is 0.152. The van der Waals surface area contributed by atoms with Gasteiger partial charge in [0.25, 0.3) is 0 Å². The molecule has 0 saturated carbocycles. The Kier molecular flexibility index (Phi) is 7.16. The predicted octanol–water partition coefficient (Wildman–Crippen LogP) is 3.84. The number of anilines is 1. The monoisotopic (exact) mass is 437 g/mol. The van der Waals surface area contributed by atoms with Crippen LogP contribution in [0.3, 0.4) is 0 Å². The minimum Gasteiger partial charge on any atom is -0.370 e. The highest BCUT2D eigenvalue weighted by Gasteiger charge is 2.30. The van der Waals surface area contributed by atoms with Crippen molar-refractivity contribution in [2.24, 2.45) is 0 Å². The van der Waals surface area contributed by atoms with Crippen LogP contribution in [0.4, 0.5) is 23.4 Å². The summed E-state index contributed by atoms with van der Waals surface area (Å²) in [6.07, 6.45) is -2.68. The average molecular weight is 437 g/mol. The van der Waals surface area contributed by atoms with Gasteiger partial charge in [-0.1, -0.05) is 5.16 Å². The van der Waals surface area contributed by atoms with Crippen molar-refractivity contribution in [2.45, 2.75) is 25.4 Å². The lowest BCUT2D eigenvalue weighted by Crippen LogP contribution is -2.26. The summed E-state index contributed by atoms with van der Waals surface area (Å²) in [6.45, 7) is 0.820. The van der Waals surface area contributed by atoms with Crippen molar-refractivity contribution in [2.75, 3.05) is 18.4 Å². The topological polar surface area (TPSA) is 92.9 Å². The number of pyridine rings is 1. The second-order valence-corrected chi connectivity index (χ2v) is 6.58. The number of nitrogens with zero attached hydrogens (tertiary/aromatic N) is 3. The van der Waals surface area contributed by atoms with E-state index in [4.69, 9.17) is 4.52 Å². The second kappa shape index (κ2) is 10.0. The normalized spacial score (nSPS) is 11.4. The van der Waals surface area contributed by atoms with Crippen molar-refractivity contribution < 1.29 is 26.9 Å². The van der Waals surface area contributed by atoms with E-state index in [1.54, 1.807) is 0 Å². The number of alkyl halides is 3. The van der Waals surface area contributed by atoms with Crippen LogP contribution in [0.5, 0.6) is 0 Å². The Morgan fingerprint density at radius 2 is 1.84 bits per heavy atom. The van der Waals surface area contributed by atoms with E-state index < -0.39 is 11.7 Å². The van der Waals surface area contributed by atoms with Gasteiger partial charge in [-0.2, -0.15) is 18.2 Å². The molecular formula is C20H19F4N5O2. The fraction of sp³-hybridized carbons (Fsp3) is 0.300. The van der Waals surface area contributed by atoms with Gasteiger partial charge in [-0.15, -0.1) is 0 Å². The molecule has 7 nitrogen and oxygen atoms in total. The third-order valence-corrected chi connectivity index (χ3v) is 4.21. The van der Waals surface area contributed by atoms with Gasteiger partial charge in [0.1, 0.15) is 11.6 Å². The first kappa shape index (κ1) is 22.2.